The van der Waals surface area contributed by atoms with E-state index in [1.807, 2.05) is 6.92 Å². The van der Waals surface area contributed by atoms with Gasteiger partial charge in [-0.2, -0.15) is 0 Å². The van der Waals surface area contributed by atoms with Crippen LogP contribution in [0.5, 0.6) is 0 Å². The largest absolute Gasteiger partial charge is 0.338 e. The van der Waals surface area contributed by atoms with Gasteiger partial charge >= 0.3 is 0 Å². The van der Waals surface area contributed by atoms with Gasteiger partial charge in [-0.25, -0.2) is 0 Å². The van der Waals surface area contributed by atoms with Crippen LogP contribution in [-0.2, 0) is 16.1 Å². The van der Waals surface area contributed by atoms with Crippen LogP contribution < -0.4 is 10.9 Å². The number of carbonyl (C=O) groups excluding carboxylic acids is 3. The Balaban J connectivity index is 1.80. The second kappa shape index (κ2) is 5.08. The number of likely N-dealkylation sites (tertiary alicyclic amines) is 1. The number of aromatic nitrogens is 1. The summed E-state index contributed by atoms with van der Waals surface area (Å²) >= 11 is 0. The minimum atomic E-state index is -0.787. The third-order valence-corrected chi connectivity index (χ3v) is 4.46. The predicted octanol–water partition coefficient (Wildman–Crippen LogP) is -0.253. The first-order valence-corrected chi connectivity index (χ1v) is 7.29. The summed E-state index contributed by atoms with van der Waals surface area (Å²) < 4.78 is 1.51. The Kier molecular flexibility index (Phi) is 3.35. The van der Waals surface area contributed by atoms with Crippen molar-refractivity contribution in [3.8, 4) is 0 Å². The second-order valence-electron chi connectivity index (χ2n) is 5.85. The van der Waals surface area contributed by atoms with Gasteiger partial charge in [0.15, 0.2) is 0 Å². The maximum atomic E-state index is 12.5. The lowest BCUT2D eigenvalue weighted by atomic mass is 9.85. The molecule has 3 rings (SSSR count). The van der Waals surface area contributed by atoms with E-state index in [1.54, 1.807) is 17.2 Å². The summed E-state index contributed by atoms with van der Waals surface area (Å²) in [7, 11) is 0. The SMILES string of the molecule is CCn1ccc(C(=O)N2CC[C@@]3(CC(=O)NC3=O)C2)cc1=O. The highest BCUT2D eigenvalue weighted by Crippen LogP contribution is 2.37. The molecule has 0 bridgehead atoms. The lowest BCUT2D eigenvalue weighted by molar-refractivity contribution is -0.128. The monoisotopic (exact) mass is 303 g/mol. The van der Waals surface area contributed by atoms with E-state index in [0.717, 1.165) is 0 Å². The fourth-order valence-electron chi connectivity index (χ4n) is 3.15. The summed E-state index contributed by atoms with van der Waals surface area (Å²) in [5.41, 5.74) is -0.696. The van der Waals surface area contributed by atoms with E-state index >= 15 is 0 Å². The number of amides is 3. The molecule has 0 unspecified atom stereocenters. The van der Waals surface area contributed by atoms with E-state index in [1.165, 1.54) is 10.6 Å². The van der Waals surface area contributed by atoms with Gasteiger partial charge in [-0.05, 0) is 19.4 Å². The second-order valence-corrected chi connectivity index (χ2v) is 5.85. The molecule has 22 heavy (non-hydrogen) atoms. The molecule has 1 aromatic heterocycles. The molecule has 0 saturated carbocycles. The number of nitrogens with one attached hydrogen (secondary N) is 1. The average Bonchev–Trinajstić information content (AvgIpc) is 3.02. The first-order chi connectivity index (χ1) is 10.4. The topological polar surface area (TPSA) is 88.5 Å². The van der Waals surface area contributed by atoms with Crippen LogP contribution in [-0.4, -0.2) is 40.3 Å². The normalized spacial score (nSPS) is 24.1. The number of rotatable bonds is 2. The number of hydrogen-bond acceptors (Lipinski definition) is 4. The maximum absolute atomic E-state index is 12.5. The number of hydrogen-bond donors (Lipinski definition) is 1. The van der Waals surface area contributed by atoms with Crippen molar-refractivity contribution >= 4 is 17.7 Å². The zero-order chi connectivity index (χ0) is 15.9. The van der Waals surface area contributed by atoms with Crippen LogP contribution in [0.1, 0.15) is 30.1 Å². The van der Waals surface area contributed by atoms with Crippen LogP contribution in [0, 0.1) is 5.41 Å². The van der Waals surface area contributed by atoms with Crippen molar-refractivity contribution in [1.82, 2.24) is 14.8 Å². The molecule has 0 aromatic carbocycles. The molecule has 1 spiro atoms. The number of imide groups is 1. The average molecular weight is 303 g/mol. The predicted molar refractivity (Wildman–Crippen MR) is 77.1 cm³/mol. The molecule has 3 amide bonds. The quantitative estimate of drug-likeness (QED) is 0.763. The van der Waals surface area contributed by atoms with Crippen molar-refractivity contribution in [2.24, 2.45) is 5.41 Å². The van der Waals surface area contributed by atoms with Gasteiger partial charge in [-0.15, -0.1) is 0 Å². The van der Waals surface area contributed by atoms with E-state index in [2.05, 4.69) is 5.32 Å². The molecule has 2 aliphatic rings. The molecule has 1 aromatic rings. The van der Waals surface area contributed by atoms with E-state index in [-0.39, 0.29) is 36.2 Å². The summed E-state index contributed by atoms with van der Waals surface area (Å²) in [6, 6.07) is 2.93. The highest BCUT2D eigenvalue weighted by atomic mass is 16.2. The van der Waals surface area contributed by atoms with Gasteiger partial charge in [0.25, 0.3) is 11.5 Å². The molecule has 2 saturated heterocycles. The van der Waals surface area contributed by atoms with Crippen LogP contribution in [0.25, 0.3) is 0 Å². The fourth-order valence-corrected chi connectivity index (χ4v) is 3.15. The molecule has 2 aliphatic heterocycles. The van der Waals surface area contributed by atoms with Crippen molar-refractivity contribution in [2.45, 2.75) is 26.3 Å². The van der Waals surface area contributed by atoms with Gasteiger partial charge in [-0.3, -0.25) is 24.5 Å². The summed E-state index contributed by atoms with van der Waals surface area (Å²) in [4.78, 5) is 49.2. The number of nitrogens with zero attached hydrogens (tertiary/aromatic N) is 2. The van der Waals surface area contributed by atoms with Crippen LogP contribution in [0.3, 0.4) is 0 Å². The molecule has 1 atom stereocenters. The van der Waals surface area contributed by atoms with Crippen LogP contribution in [0.2, 0.25) is 0 Å². The first kappa shape index (κ1) is 14.5. The Morgan fingerprint density at radius 2 is 2.14 bits per heavy atom. The number of aryl methyl sites for hydroxylation is 1. The molecular weight excluding hydrogens is 286 g/mol. The lowest BCUT2D eigenvalue weighted by Gasteiger charge is -2.20. The molecule has 3 heterocycles. The third-order valence-electron chi connectivity index (χ3n) is 4.46. The van der Waals surface area contributed by atoms with E-state index in [9.17, 15) is 19.2 Å². The molecule has 0 radical (unpaired) electrons. The standard InChI is InChI=1S/C15H17N3O4/c1-2-17-5-3-10(7-12(17)20)13(21)18-6-4-15(9-18)8-11(19)16-14(15)22/h3,5,7H,2,4,6,8-9H2,1H3,(H,16,19,22)/t15-/m1/s1. The summed E-state index contributed by atoms with van der Waals surface area (Å²) in [5.74, 6) is -0.858. The zero-order valence-corrected chi connectivity index (χ0v) is 12.3. The van der Waals surface area contributed by atoms with Crippen molar-refractivity contribution in [3.63, 3.8) is 0 Å². The highest BCUT2D eigenvalue weighted by Gasteiger charge is 2.51. The Morgan fingerprint density at radius 1 is 1.36 bits per heavy atom. The number of carbonyl (C=O) groups is 3. The number of pyridine rings is 1. The van der Waals surface area contributed by atoms with Crippen LogP contribution in [0.15, 0.2) is 23.1 Å². The van der Waals surface area contributed by atoms with E-state index < -0.39 is 5.41 Å². The van der Waals surface area contributed by atoms with Crippen LogP contribution in [0.4, 0.5) is 0 Å². The summed E-state index contributed by atoms with van der Waals surface area (Å²) in [5, 5.41) is 2.30. The third kappa shape index (κ3) is 2.22. The molecular formula is C15H17N3O4. The molecule has 2 fully saturated rings. The van der Waals surface area contributed by atoms with Crippen molar-refractivity contribution in [3.05, 3.63) is 34.2 Å². The van der Waals surface area contributed by atoms with Crippen molar-refractivity contribution in [1.29, 1.82) is 0 Å². The van der Waals surface area contributed by atoms with Crippen molar-refractivity contribution in [2.75, 3.05) is 13.1 Å². The van der Waals surface area contributed by atoms with Gasteiger partial charge in [0.1, 0.15) is 0 Å². The highest BCUT2D eigenvalue weighted by molar-refractivity contribution is 6.06. The molecule has 0 aliphatic carbocycles. The van der Waals surface area contributed by atoms with Gasteiger partial charge in [0, 0.05) is 43.9 Å². The Morgan fingerprint density at radius 3 is 2.73 bits per heavy atom. The fraction of sp³-hybridized carbons (Fsp3) is 0.467. The molecule has 7 heteroatoms. The first-order valence-electron chi connectivity index (χ1n) is 7.29. The molecule has 1 N–H and O–H groups in total. The Labute approximate surface area is 126 Å². The van der Waals surface area contributed by atoms with Gasteiger partial charge in [-0.1, -0.05) is 0 Å². The van der Waals surface area contributed by atoms with Gasteiger partial charge in [0.2, 0.25) is 11.8 Å². The Bertz CT molecular complexity index is 724. The summed E-state index contributed by atoms with van der Waals surface area (Å²) in [6.45, 7) is 3.03. The lowest BCUT2D eigenvalue weighted by Crippen LogP contribution is -2.37. The van der Waals surface area contributed by atoms with Gasteiger partial charge in [0.05, 0.1) is 5.41 Å². The Hall–Kier alpha value is -2.44. The summed E-state index contributed by atoms with van der Waals surface area (Å²) in [6.07, 6.45) is 2.20. The maximum Gasteiger partial charge on any atom is 0.254 e. The smallest absolute Gasteiger partial charge is 0.254 e. The zero-order valence-electron chi connectivity index (χ0n) is 12.3. The van der Waals surface area contributed by atoms with E-state index in [4.69, 9.17) is 0 Å². The minimum Gasteiger partial charge on any atom is -0.338 e. The minimum absolute atomic E-state index is 0.132. The van der Waals surface area contributed by atoms with Gasteiger partial charge < -0.3 is 9.47 Å². The van der Waals surface area contributed by atoms with Crippen LogP contribution >= 0.6 is 0 Å². The molecule has 7 nitrogen and oxygen atoms in total. The van der Waals surface area contributed by atoms with Crippen molar-refractivity contribution < 1.29 is 14.4 Å². The van der Waals surface area contributed by atoms with E-state index in [0.29, 0.717) is 25.1 Å². The molecule has 116 valence electrons.